The van der Waals surface area contributed by atoms with E-state index in [4.69, 9.17) is 4.52 Å². The lowest BCUT2D eigenvalue weighted by molar-refractivity contribution is 0.0282. The normalized spacial score (nSPS) is 20.7. The Morgan fingerprint density at radius 2 is 1.93 bits per heavy atom. The van der Waals surface area contributed by atoms with Gasteiger partial charge in [-0.1, -0.05) is 36.3 Å². The lowest BCUT2D eigenvalue weighted by Gasteiger charge is -2.33. The maximum absolute atomic E-state index is 9.85. The highest BCUT2D eigenvalue weighted by molar-refractivity contribution is 5.64. The van der Waals surface area contributed by atoms with Crippen molar-refractivity contribution in [2.75, 3.05) is 13.1 Å². The van der Waals surface area contributed by atoms with Crippen LogP contribution in [0, 0.1) is 12.8 Å². The van der Waals surface area contributed by atoms with Crippen LogP contribution in [0.25, 0.3) is 22.6 Å². The highest BCUT2D eigenvalue weighted by Gasteiger charge is 2.25. The molecule has 2 aromatic heterocycles. The number of aromatic nitrogens is 4. The van der Waals surface area contributed by atoms with E-state index in [0.29, 0.717) is 18.3 Å². The second kappa shape index (κ2) is 7.54. The molecule has 1 aromatic carbocycles. The van der Waals surface area contributed by atoms with Crippen LogP contribution in [-0.4, -0.2) is 49.3 Å². The Labute approximate surface area is 158 Å². The molecule has 2 atom stereocenters. The van der Waals surface area contributed by atoms with Crippen molar-refractivity contribution in [3.8, 4) is 22.6 Å². The smallest absolute Gasteiger partial charge is 0.241 e. The number of aryl methyl sites for hydroxylation is 1. The van der Waals surface area contributed by atoms with Gasteiger partial charge in [-0.2, -0.15) is 4.98 Å². The first kappa shape index (κ1) is 17.8. The zero-order valence-electron chi connectivity index (χ0n) is 15.5. The van der Waals surface area contributed by atoms with Crippen molar-refractivity contribution in [1.29, 1.82) is 0 Å². The SMILES string of the molecule is Cc1nccc(-c2ccc(-c3noc(CN4CCC(O)C(C)C4)n3)cc2)n1. The predicted molar refractivity (Wildman–Crippen MR) is 101 cm³/mol. The summed E-state index contributed by atoms with van der Waals surface area (Å²) in [5.74, 6) is 2.20. The van der Waals surface area contributed by atoms with Gasteiger partial charge in [0.2, 0.25) is 11.7 Å². The summed E-state index contributed by atoms with van der Waals surface area (Å²) in [5.41, 5.74) is 2.82. The van der Waals surface area contributed by atoms with E-state index in [0.717, 1.165) is 42.2 Å². The Kier molecular flexibility index (Phi) is 4.96. The molecule has 140 valence electrons. The number of aliphatic hydroxyl groups excluding tert-OH is 1. The molecule has 1 N–H and O–H groups in total. The van der Waals surface area contributed by atoms with Crippen molar-refractivity contribution in [2.24, 2.45) is 5.92 Å². The fourth-order valence-corrected chi connectivity index (χ4v) is 3.40. The summed E-state index contributed by atoms with van der Waals surface area (Å²) >= 11 is 0. The minimum Gasteiger partial charge on any atom is -0.393 e. The first-order chi connectivity index (χ1) is 13.1. The number of benzene rings is 1. The molecule has 0 radical (unpaired) electrons. The van der Waals surface area contributed by atoms with Gasteiger partial charge in [-0.15, -0.1) is 0 Å². The van der Waals surface area contributed by atoms with Crippen LogP contribution in [0.15, 0.2) is 41.1 Å². The van der Waals surface area contributed by atoms with Crippen molar-refractivity contribution in [3.05, 3.63) is 48.2 Å². The van der Waals surface area contributed by atoms with Crippen LogP contribution < -0.4 is 0 Å². The molecule has 0 saturated carbocycles. The van der Waals surface area contributed by atoms with E-state index in [-0.39, 0.29) is 12.0 Å². The molecule has 3 aromatic rings. The van der Waals surface area contributed by atoms with Gasteiger partial charge in [0, 0.05) is 30.4 Å². The van der Waals surface area contributed by atoms with Gasteiger partial charge in [-0.3, -0.25) is 4.90 Å². The second-order valence-electron chi connectivity index (χ2n) is 7.15. The molecule has 27 heavy (non-hydrogen) atoms. The van der Waals surface area contributed by atoms with Crippen molar-refractivity contribution in [1.82, 2.24) is 25.0 Å². The number of aliphatic hydroxyl groups is 1. The maximum atomic E-state index is 9.85. The molecule has 0 bridgehead atoms. The average Bonchev–Trinajstić information content (AvgIpc) is 3.13. The first-order valence-corrected chi connectivity index (χ1v) is 9.22. The number of nitrogens with zero attached hydrogens (tertiary/aromatic N) is 5. The van der Waals surface area contributed by atoms with Crippen LogP contribution in [-0.2, 0) is 6.54 Å². The van der Waals surface area contributed by atoms with Crippen LogP contribution in [0.1, 0.15) is 25.1 Å². The number of hydrogen-bond donors (Lipinski definition) is 1. The number of piperidine rings is 1. The van der Waals surface area contributed by atoms with Gasteiger partial charge in [0.1, 0.15) is 5.82 Å². The molecular formula is C20H23N5O2. The molecule has 0 amide bonds. The van der Waals surface area contributed by atoms with Gasteiger partial charge in [0.15, 0.2) is 0 Å². The summed E-state index contributed by atoms with van der Waals surface area (Å²) in [4.78, 5) is 15.3. The Hall–Kier alpha value is -2.64. The predicted octanol–water partition coefficient (Wildman–Crippen LogP) is 2.70. The van der Waals surface area contributed by atoms with Gasteiger partial charge in [-0.05, 0) is 25.3 Å². The van der Waals surface area contributed by atoms with E-state index in [1.807, 2.05) is 37.3 Å². The standard InChI is InChI=1S/C20H23N5O2/c1-13-11-25(10-8-18(13)26)12-19-23-20(24-27-19)16-5-3-15(4-6-16)17-7-9-21-14(2)22-17/h3-7,9,13,18,26H,8,10-12H2,1-2H3. The maximum Gasteiger partial charge on any atom is 0.241 e. The summed E-state index contributed by atoms with van der Waals surface area (Å²) in [6, 6.07) is 9.84. The molecule has 7 nitrogen and oxygen atoms in total. The molecule has 1 fully saturated rings. The van der Waals surface area contributed by atoms with Crippen molar-refractivity contribution < 1.29 is 9.63 Å². The number of hydrogen-bond acceptors (Lipinski definition) is 7. The monoisotopic (exact) mass is 365 g/mol. The lowest BCUT2D eigenvalue weighted by atomic mass is 9.97. The third-order valence-corrected chi connectivity index (χ3v) is 4.99. The molecule has 7 heteroatoms. The molecule has 0 spiro atoms. The molecular weight excluding hydrogens is 342 g/mol. The largest absolute Gasteiger partial charge is 0.393 e. The molecule has 4 rings (SSSR count). The third-order valence-electron chi connectivity index (χ3n) is 4.99. The van der Waals surface area contributed by atoms with E-state index in [9.17, 15) is 5.11 Å². The number of rotatable bonds is 4. The zero-order chi connectivity index (χ0) is 18.8. The van der Waals surface area contributed by atoms with Gasteiger partial charge < -0.3 is 9.63 Å². The Morgan fingerprint density at radius 1 is 1.15 bits per heavy atom. The minimum absolute atomic E-state index is 0.211. The first-order valence-electron chi connectivity index (χ1n) is 9.22. The molecule has 1 saturated heterocycles. The fraction of sp³-hybridized carbons (Fsp3) is 0.400. The van der Waals surface area contributed by atoms with E-state index >= 15 is 0 Å². The zero-order valence-corrected chi connectivity index (χ0v) is 15.5. The van der Waals surface area contributed by atoms with Crippen molar-refractivity contribution >= 4 is 0 Å². The summed E-state index contributed by atoms with van der Waals surface area (Å²) in [6.45, 7) is 6.24. The highest BCUT2D eigenvalue weighted by Crippen LogP contribution is 2.23. The molecule has 0 aliphatic carbocycles. The van der Waals surface area contributed by atoms with E-state index in [1.54, 1.807) is 6.20 Å². The Morgan fingerprint density at radius 3 is 2.67 bits per heavy atom. The molecule has 1 aliphatic heterocycles. The van der Waals surface area contributed by atoms with E-state index in [2.05, 4.69) is 31.9 Å². The lowest BCUT2D eigenvalue weighted by Crippen LogP contribution is -2.41. The van der Waals surface area contributed by atoms with Gasteiger partial charge >= 0.3 is 0 Å². The minimum atomic E-state index is -0.211. The summed E-state index contributed by atoms with van der Waals surface area (Å²) < 4.78 is 5.43. The molecule has 1 aliphatic rings. The second-order valence-corrected chi connectivity index (χ2v) is 7.15. The van der Waals surface area contributed by atoms with Crippen molar-refractivity contribution in [2.45, 2.75) is 32.9 Å². The number of likely N-dealkylation sites (tertiary alicyclic amines) is 1. The van der Waals surface area contributed by atoms with E-state index in [1.165, 1.54) is 0 Å². The molecule has 2 unspecified atom stereocenters. The van der Waals surface area contributed by atoms with Gasteiger partial charge in [-0.25, -0.2) is 9.97 Å². The molecule has 3 heterocycles. The van der Waals surface area contributed by atoms with Crippen LogP contribution in [0.4, 0.5) is 0 Å². The average molecular weight is 365 g/mol. The van der Waals surface area contributed by atoms with Gasteiger partial charge in [0.05, 0.1) is 18.3 Å². The Bertz CT molecular complexity index is 909. The summed E-state index contributed by atoms with van der Waals surface area (Å²) in [5, 5.41) is 14.0. The third kappa shape index (κ3) is 4.04. The van der Waals surface area contributed by atoms with Crippen LogP contribution >= 0.6 is 0 Å². The topological polar surface area (TPSA) is 88.2 Å². The van der Waals surface area contributed by atoms with E-state index < -0.39 is 0 Å². The Balaban J connectivity index is 1.45. The van der Waals surface area contributed by atoms with Crippen LogP contribution in [0.3, 0.4) is 0 Å². The summed E-state index contributed by atoms with van der Waals surface area (Å²) in [7, 11) is 0. The van der Waals surface area contributed by atoms with Gasteiger partial charge in [0.25, 0.3) is 0 Å². The van der Waals surface area contributed by atoms with Crippen LogP contribution in [0.2, 0.25) is 0 Å². The quantitative estimate of drug-likeness (QED) is 0.760. The van der Waals surface area contributed by atoms with Crippen LogP contribution in [0.5, 0.6) is 0 Å². The van der Waals surface area contributed by atoms with Crippen molar-refractivity contribution in [3.63, 3.8) is 0 Å². The summed E-state index contributed by atoms with van der Waals surface area (Å²) in [6.07, 6.45) is 2.33. The highest BCUT2D eigenvalue weighted by atomic mass is 16.5. The fourth-order valence-electron chi connectivity index (χ4n) is 3.40.